The van der Waals surface area contributed by atoms with E-state index < -0.39 is 0 Å². The first-order chi connectivity index (χ1) is 11.3. The lowest BCUT2D eigenvalue weighted by Gasteiger charge is -2.35. The zero-order valence-corrected chi connectivity index (χ0v) is 13.6. The number of carbonyl (C=O) groups is 1. The third kappa shape index (κ3) is 3.09. The van der Waals surface area contributed by atoms with Gasteiger partial charge in [0.15, 0.2) is 0 Å². The van der Waals surface area contributed by atoms with Crippen molar-refractivity contribution in [3.63, 3.8) is 0 Å². The number of nitrogens with zero attached hydrogens (tertiary/aromatic N) is 4. The van der Waals surface area contributed by atoms with Gasteiger partial charge in [-0.1, -0.05) is 5.16 Å². The number of amides is 2. The predicted molar refractivity (Wildman–Crippen MR) is 86.0 cm³/mol. The molecule has 2 aromatic rings. The summed E-state index contributed by atoms with van der Waals surface area (Å²) >= 11 is 1.62. The van der Waals surface area contributed by atoms with E-state index in [-0.39, 0.29) is 6.03 Å². The molecule has 4 rings (SSSR count). The third-order valence-electron chi connectivity index (χ3n) is 4.49. The van der Waals surface area contributed by atoms with Crippen molar-refractivity contribution in [2.45, 2.75) is 25.4 Å². The second-order valence-corrected chi connectivity index (χ2v) is 6.74. The molecule has 7 nitrogen and oxygen atoms in total. The van der Waals surface area contributed by atoms with Crippen molar-refractivity contribution in [1.29, 1.82) is 0 Å². The molecular formula is C15H19N5O2S. The summed E-state index contributed by atoms with van der Waals surface area (Å²) in [5, 5.41) is 10.9. The molecule has 2 aromatic heterocycles. The van der Waals surface area contributed by atoms with Gasteiger partial charge in [-0.2, -0.15) is 16.3 Å². The van der Waals surface area contributed by atoms with Gasteiger partial charge in [0.1, 0.15) is 0 Å². The molecule has 2 saturated heterocycles. The van der Waals surface area contributed by atoms with E-state index in [1.54, 1.807) is 11.3 Å². The highest BCUT2D eigenvalue weighted by atomic mass is 32.1. The smallest absolute Gasteiger partial charge is 0.317 e. The summed E-state index contributed by atoms with van der Waals surface area (Å²) in [6.07, 6.45) is 2.00. The van der Waals surface area contributed by atoms with Crippen LogP contribution in [0.4, 0.5) is 4.79 Å². The monoisotopic (exact) mass is 333 g/mol. The third-order valence-corrected chi connectivity index (χ3v) is 5.18. The molecule has 2 aliphatic rings. The minimum atomic E-state index is 0.0840. The Morgan fingerprint density at radius 3 is 2.91 bits per heavy atom. The number of hydrogen-bond donors (Lipinski definition) is 1. The highest BCUT2D eigenvalue weighted by molar-refractivity contribution is 7.08. The van der Waals surface area contributed by atoms with Crippen LogP contribution < -0.4 is 5.32 Å². The van der Waals surface area contributed by atoms with Gasteiger partial charge in [0.2, 0.25) is 11.7 Å². The minimum absolute atomic E-state index is 0.0840. The standard InChI is InChI=1S/C15H19N5O2S/c21-15-16-4-7-20(15)12-1-5-19(6-2-12)9-13-17-14(18-22-13)11-3-8-23-10-11/h3,8,10,12H,1-2,4-7,9H2,(H,16,21). The van der Waals surface area contributed by atoms with E-state index in [1.807, 2.05) is 21.7 Å². The highest BCUT2D eigenvalue weighted by Crippen LogP contribution is 2.21. The van der Waals surface area contributed by atoms with E-state index >= 15 is 0 Å². The zero-order chi connectivity index (χ0) is 15.6. The van der Waals surface area contributed by atoms with Crippen LogP contribution in [0.5, 0.6) is 0 Å². The summed E-state index contributed by atoms with van der Waals surface area (Å²) in [5.41, 5.74) is 1.00. The van der Waals surface area contributed by atoms with E-state index in [0.717, 1.165) is 44.6 Å². The summed E-state index contributed by atoms with van der Waals surface area (Å²) in [6.45, 7) is 4.18. The van der Waals surface area contributed by atoms with Gasteiger partial charge in [0.25, 0.3) is 0 Å². The number of carbonyl (C=O) groups excluding carboxylic acids is 1. The van der Waals surface area contributed by atoms with Crippen molar-refractivity contribution < 1.29 is 9.32 Å². The molecule has 0 bridgehead atoms. The Labute approximate surface area is 138 Å². The molecule has 0 aliphatic carbocycles. The van der Waals surface area contributed by atoms with Crippen molar-refractivity contribution >= 4 is 17.4 Å². The number of thiophene rings is 1. The van der Waals surface area contributed by atoms with Gasteiger partial charge in [-0.05, 0) is 24.3 Å². The average molecular weight is 333 g/mol. The first-order valence-corrected chi connectivity index (χ1v) is 8.86. The van der Waals surface area contributed by atoms with Crippen LogP contribution in [-0.4, -0.2) is 58.2 Å². The maximum Gasteiger partial charge on any atom is 0.317 e. The zero-order valence-electron chi connectivity index (χ0n) is 12.8. The molecule has 2 aliphatic heterocycles. The van der Waals surface area contributed by atoms with E-state index in [4.69, 9.17) is 4.52 Å². The molecule has 4 heterocycles. The van der Waals surface area contributed by atoms with Gasteiger partial charge >= 0.3 is 6.03 Å². The van der Waals surface area contributed by atoms with Crippen LogP contribution in [0.1, 0.15) is 18.7 Å². The predicted octanol–water partition coefficient (Wildman–Crippen LogP) is 1.79. The fraction of sp³-hybridized carbons (Fsp3) is 0.533. The molecule has 0 unspecified atom stereocenters. The quantitative estimate of drug-likeness (QED) is 0.923. The minimum Gasteiger partial charge on any atom is -0.338 e. The highest BCUT2D eigenvalue weighted by Gasteiger charge is 2.31. The molecule has 0 saturated carbocycles. The normalized spacial score (nSPS) is 20.2. The van der Waals surface area contributed by atoms with Gasteiger partial charge in [0.05, 0.1) is 6.54 Å². The topological polar surface area (TPSA) is 74.5 Å². The van der Waals surface area contributed by atoms with Gasteiger partial charge in [-0.15, -0.1) is 0 Å². The number of urea groups is 1. The molecule has 2 fully saturated rings. The number of piperidine rings is 1. The van der Waals surface area contributed by atoms with E-state index in [2.05, 4.69) is 20.4 Å². The van der Waals surface area contributed by atoms with Crippen LogP contribution in [0.15, 0.2) is 21.3 Å². The molecule has 0 atom stereocenters. The lowest BCUT2D eigenvalue weighted by Crippen LogP contribution is -2.45. The number of rotatable bonds is 4. The van der Waals surface area contributed by atoms with Crippen LogP contribution in [0.3, 0.4) is 0 Å². The molecule has 0 spiro atoms. The fourth-order valence-corrected chi connectivity index (χ4v) is 3.88. The van der Waals surface area contributed by atoms with Crippen molar-refractivity contribution in [3.05, 3.63) is 22.7 Å². The fourth-order valence-electron chi connectivity index (χ4n) is 3.24. The van der Waals surface area contributed by atoms with E-state index in [1.165, 1.54) is 0 Å². The maximum atomic E-state index is 11.7. The van der Waals surface area contributed by atoms with Gasteiger partial charge in [-0.3, -0.25) is 4.90 Å². The molecule has 8 heteroatoms. The van der Waals surface area contributed by atoms with Gasteiger partial charge < -0.3 is 14.7 Å². The molecule has 0 aromatic carbocycles. The molecule has 1 N–H and O–H groups in total. The summed E-state index contributed by atoms with van der Waals surface area (Å²) in [5.74, 6) is 1.31. The van der Waals surface area contributed by atoms with Crippen LogP contribution in [-0.2, 0) is 6.54 Å². The average Bonchev–Trinajstić information content (AvgIpc) is 3.29. The molecule has 0 radical (unpaired) electrons. The second kappa shape index (κ2) is 6.29. The van der Waals surface area contributed by atoms with Gasteiger partial charge in [-0.25, -0.2) is 4.79 Å². The van der Waals surface area contributed by atoms with Crippen LogP contribution >= 0.6 is 11.3 Å². The Balaban J connectivity index is 1.32. The second-order valence-electron chi connectivity index (χ2n) is 5.96. The lowest BCUT2D eigenvalue weighted by molar-refractivity contribution is 0.123. The first kappa shape index (κ1) is 14.6. The first-order valence-electron chi connectivity index (χ1n) is 7.91. The van der Waals surface area contributed by atoms with Crippen molar-refractivity contribution in [2.75, 3.05) is 26.2 Å². The van der Waals surface area contributed by atoms with Crippen molar-refractivity contribution in [3.8, 4) is 11.4 Å². The van der Waals surface area contributed by atoms with Crippen molar-refractivity contribution in [1.82, 2.24) is 25.3 Å². The Morgan fingerprint density at radius 2 is 2.22 bits per heavy atom. The molecule has 2 amide bonds. The van der Waals surface area contributed by atoms with Crippen LogP contribution in [0.25, 0.3) is 11.4 Å². The number of likely N-dealkylation sites (tertiary alicyclic amines) is 1. The lowest BCUT2D eigenvalue weighted by atomic mass is 10.0. The molecular weight excluding hydrogens is 314 g/mol. The summed E-state index contributed by atoms with van der Waals surface area (Å²) in [7, 11) is 0. The Kier molecular flexibility index (Phi) is 4.00. The number of aromatic nitrogens is 2. The summed E-state index contributed by atoms with van der Waals surface area (Å²) in [4.78, 5) is 20.5. The van der Waals surface area contributed by atoms with Crippen LogP contribution in [0, 0.1) is 0 Å². The Morgan fingerprint density at radius 1 is 1.35 bits per heavy atom. The summed E-state index contributed by atoms with van der Waals surface area (Å²) < 4.78 is 5.36. The van der Waals surface area contributed by atoms with Crippen molar-refractivity contribution in [2.24, 2.45) is 0 Å². The number of nitrogens with one attached hydrogen (secondary N) is 1. The Bertz CT molecular complexity index is 663. The van der Waals surface area contributed by atoms with Crippen LogP contribution in [0.2, 0.25) is 0 Å². The molecule has 122 valence electrons. The van der Waals surface area contributed by atoms with E-state index in [0.29, 0.717) is 24.3 Å². The number of hydrogen-bond acceptors (Lipinski definition) is 6. The summed E-state index contributed by atoms with van der Waals surface area (Å²) in [6, 6.07) is 2.44. The maximum absolute atomic E-state index is 11.7. The van der Waals surface area contributed by atoms with Gasteiger partial charge in [0, 0.05) is 43.2 Å². The Hall–Kier alpha value is -1.93. The largest absolute Gasteiger partial charge is 0.338 e. The SMILES string of the molecule is O=C1NCCN1C1CCN(Cc2nc(-c3ccsc3)no2)CC1. The molecule has 23 heavy (non-hydrogen) atoms. The van der Waals surface area contributed by atoms with E-state index in [9.17, 15) is 4.79 Å².